The van der Waals surface area contributed by atoms with Crippen LogP contribution >= 0.6 is 11.8 Å². The zero-order valence-corrected chi connectivity index (χ0v) is 26.4. The first kappa shape index (κ1) is 32.8. The Morgan fingerprint density at radius 3 is 2.30 bits per heavy atom. The highest BCUT2D eigenvalue weighted by atomic mass is 32.2. The van der Waals surface area contributed by atoms with E-state index in [1.807, 2.05) is 51.0 Å². The zero-order chi connectivity index (χ0) is 32.0. The molecule has 2 aromatic rings. The number of carbonyl (C=O) groups is 2. The summed E-state index contributed by atoms with van der Waals surface area (Å²) < 4.78 is 10.8. The summed E-state index contributed by atoms with van der Waals surface area (Å²) in [5.74, 6) is 3.12. The number of nitro groups is 1. The lowest BCUT2D eigenvalue weighted by atomic mass is 10.1. The number of benzene rings is 2. The van der Waals surface area contributed by atoms with Crippen LogP contribution in [0, 0.1) is 10.1 Å². The molecule has 1 unspecified atom stereocenters. The second-order valence-electron chi connectivity index (χ2n) is 11.7. The van der Waals surface area contributed by atoms with Gasteiger partial charge in [0.1, 0.15) is 30.0 Å². The van der Waals surface area contributed by atoms with Gasteiger partial charge >= 0.3 is 6.09 Å². The quantitative estimate of drug-likeness (QED) is 0.221. The SMILES string of the molecule is COc1ccc(CS[C@H]2C[C@@H](C(=O)N3CCN(OC(C)(C)C)C(=C=O)C3C)N(C(=O)OCc3ccc([N+](=O)[O-])cc3)C2)cc1. The molecule has 0 radical (unpaired) electrons. The molecular weight excluding hydrogens is 588 g/mol. The number of piperazine rings is 1. The van der Waals surface area contributed by atoms with Crippen LogP contribution in [0.1, 0.15) is 45.2 Å². The smallest absolute Gasteiger partial charge is 0.410 e. The lowest BCUT2D eigenvalue weighted by Crippen LogP contribution is -2.58. The molecule has 0 bridgehead atoms. The molecule has 12 nitrogen and oxygen atoms in total. The number of non-ortho nitro benzene ring substituents is 1. The number of hydrogen-bond donors (Lipinski definition) is 0. The maximum Gasteiger partial charge on any atom is 0.410 e. The van der Waals surface area contributed by atoms with E-state index in [-0.39, 0.29) is 35.7 Å². The van der Waals surface area contributed by atoms with Gasteiger partial charge in [-0.3, -0.25) is 24.6 Å². The van der Waals surface area contributed by atoms with Gasteiger partial charge in [0.15, 0.2) is 0 Å². The summed E-state index contributed by atoms with van der Waals surface area (Å²) in [7, 11) is 1.61. The van der Waals surface area contributed by atoms with Crippen molar-refractivity contribution in [2.75, 3.05) is 26.7 Å². The summed E-state index contributed by atoms with van der Waals surface area (Å²) in [6.07, 6.45) is -0.236. The minimum absolute atomic E-state index is 0.0418. The maximum atomic E-state index is 14.0. The van der Waals surface area contributed by atoms with E-state index >= 15 is 0 Å². The fourth-order valence-corrected chi connectivity index (χ4v) is 6.36. The van der Waals surface area contributed by atoms with Crippen molar-refractivity contribution in [3.05, 3.63) is 75.5 Å². The highest BCUT2D eigenvalue weighted by Gasteiger charge is 2.45. The number of hydrogen-bond acceptors (Lipinski definition) is 10. The molecule has 3 atom stereocenters. The monoisotopic (exact) mass is 626 g/mol. The Kier molecular flexibility index (Phi) is 10.6. The van der Waals surface area contributed by atoms with E-state index in [2.05, 4.69) is 0 Å². The number of rotatable bonds is 9. The average Bonchev–Trinajstić information content (AvgIpc) is 3.43. The number of amides is 2. The number of likely N-dealkylation sites (tertiary alicyclic amines) is 1. The van der Waals surface area contributed by atoms with Gasteiger partial charge in [0.2, 0.25) is 5.91 Å². The molecule has 0 aromatic heterocycles. The van der Waals surface area contributed by atoms with Crippen LogP contribution in [0.15, 0.2) is 54.2 Å². The van der Waals surface area contributed by atoms with Gasteiger partial charge in [-0.15, -0.1) is 0 Å². The third-order valence-corrected chi connectivity index (χ3v) is 8.70. The standard InChI is InChI=1S/C31H38N4O8S/c1-21-28(18-36)34(43-31(2,3)4)15-14-32(21)29(37)27-16-26(44-20-23-8-12-25(41-5)13-9-23)17-33(27)30(38)42-19-22-6-10-24(11-7-22)35(39)40/h6-13,21,26-27H,14-17,19-20H2,1-5H3/t21?,26-,27-/m0/s1. The van der Waals surface area contributed by atoms with E-state index in [0.717, 1.165) is 11.3 Å². The van der Waals surface area contributed by atoms with Gasteiger partial charge in [-0.05, 0) is 69.5 Å². The Morgan fingerprint density at radius 2 is 1.70 bits per heavy atom. The predicted octanol–water partition coefficient (Wildman–Crippen LogP) is 4.59. The summed E-state index contributed by atoms with van der Waals surface area (Å²) in [4.78, 5) is 58.8. The van der Waals surface area contributed by atoms with Gasteiger partial charge in [-0.2, -0.15) is 11.8 Å². The summed E-state index contributed by atoms with van der Waals surface area (Å²) in [5, 5.41) is 12.4. The van der Waals surface area contributed by atoms with Crippen molar-refractivity contribution < 1.29 is 33.6 Å². The normalized spacial score (nSPS) is 20.3. The number of thioether (sulfide) groups is 1. The first-order chi connectivity index (χ1) is 20.9. The largest absolute Gasteiger partial charge is 0.497 e. The fourth-order valence-electron chi connectivity index (χ4n) is 5.15. The lowest BCUT2D eigenvalue weighted by Gasteiger charge is -2.43. The van der Waals surface area contributed by atoms with Crippen LogP contribution in [0.4, 0.5) is 10.5 Å². The average molecular weight is 627 g/mol. The molecule has 0 saturated carbocycles. The molecule has 2 heterocycles. The van der Waals surface area contributed by atoms with E-state index in [4.69, 9.17) is 14.3 Å². The number of hydroxylamine groups is 2. The van der Waals surface area contributed by atoms with Crippen molar-refractivity contribution in [3.63, 3.8) is 0 Å². The third-order valence-electron chi connectivity index (χ3n) is 7.38. The summed E-state index contributed by atoms with van der Waals surface area (Å²) in [5.41, 5.74) is 1.28. The molecule has 4 rings (SSSR count). The van der Waals surface area contributed by atoms with E-state index in [1.54, 1.807) is 30.7 Å². The number of methoxy groups -OCH3 is 1. The first-order valence-corrected chi connectivity index (χ1v) is 15.4. The van der Waals surface area contributed by atoms with E-state index in [1.165, 1.54) is 34.2 Å². The van der Waals surface area contributed by atoms with Crippen LogP contribution in [0.2, 0.25) is 0 Å². The van der Waals surface area contributed by atoms with E-state index in [9.17, 15) is 24.5 Å². The fraction of sp³-hybridized carbons (Fsp3) is 0.484. The highest BCUT2D eigenvalue weighted by Crippen LogP contribution is 2.33. The van der Waals surface area contributed by atoms with E-state index < -0.39 is 28.7 Å². The molecule has 2 aliphatic rings. The third kappa shape index (κ3) is 8.10. The molecule has 0 N–H and O–H groups in total. The van der Waals surface area contributed by atoms with Gasteiger partial charge in [-0.25, -0.2) is 14.7 Å². The second-order valence-corrected chi connectivity index (χ2v) is 13.0. The van der Waals surface area contributed by atoms with Crippen molar-refractivity contribution in [1.82, 2.24) is 14.9 Å². The summed E-state index contributed by atoms with van der Waals surface area (Å²) in [6.45, 7) is 8.15. The minimum Gasteiger partial charge on any atom is -0.497 e. The zero-order valence-electron chi connectivity index (χ0n) is 25.6. The molecule has 2 aliphatic heterocycles. The molecule has 0 spiro atoms. The lowest BCUT2D eigenvalue weighted by molar-refractivity contribution is -0.384. The van der Waals surface area contributed by atoms with Crippen LogP contribution in [0.5, 0.6) is 5.75 Å². The summed E-state index contributed by atoms with van der Waals surface area (Å²) >= 11 is 1.65. The predicted molar refractivity (Wildman–Crippen MR) is 164 cm³/mol. The molecule has 236 valence electrons. The molecule has 44 heavy (non-hydrogen) atoms. The van der Waals surface area contributed by atoms with Crippen molar-refractivity contribution in [2.24, 2.45) is 0 Å². The highest BCUT2D eigenvalue weighted by molar-refractivity contribution is 7.99. The maximum absolute atomic E-state index is 14.0. The van der Waals surface area contributed by atoms with Crippen molar-refractivity contribution in [3.8, 4) is 5.75 Å². The van der Waals surface area contributed by atoms with Gasteiger partial charge in [0.25, 0.3) is 5.69 Å². The topological polar surface area (TPSA) is 132 Å². The van der Waals surface area contributed by atoms with Crippen LogP contribution in [0.25, 0.3) is 0 Å². The van der Waals surface area contributed by atoms with Gasteiger partial charge in [0.05, 0.1) is 30.2 Å². The van der Waals surface area contributed by atoms with Crippen molar-refractivity contribution >= 4 is 35.4 Å². The van der Waals surface area contributed by atoms with Crippen LogP contribution in [0.3, 0.4) is 0 Å². The van der Waals surface area contributed by atoms with E-state index in [0.29, 0.717) is 30.8 Å². The molecule has 2 aromatic carbocycles. The first-order valence-electron chi connectivity index (χ1n) is 14.3. The Hall–Kier alpha value is -4.06. The minimum atomic E-state index is -0.793. The molecule has 0 aliphatic carbocycles. The Bertz CT molecular complexity index is 1390. The number of ether oxygens (including phenoxy) is 2. The summed E-state index contributed by atoms with van der Waals surface area (Å²) in [6, 6.07) is 12.1. The number of carbonyl (C=O) groups excluding carboxylic acids is 3. The Labute approximate surface area is 261 Å². The van der Waals surface area contributed by atoms with Crippen LogP contribution in [-0.4, -0.2) is 87.4 Å². The number of nitro benzene ring substituents is 1. The van der Waals surface area contributed by atoms with Gasteiger partial charge < -0.3 is 14.4 Å². The molecule has 2 amide bonds. The van der Waals surface area contributed by atoms with Crippen molar-refractivity contribution in [1.29, 1.82) is 0 Å². The van der Waals surface area contributed by atoms with Gasteiger partial charge in [0, 0.05) is 36.2 Å². The second kappa shape index (κ2) is 14.1. The molecule has 2 fully saturated rings. The van der Waals surface area contributed by atoms with Gasteiger partial charge in [-0.1, -0.05) is 12.1 Å². The Balaban J connectivity index is 1.48. The molecule has 13 heteroatoms. The molecular formula is C31H38N4O8S. The molecule has 2 saturated heterocycles. The van der Waals surface area contributed by atoms with Crippen LogP contribution < -0.4 is 4.74 Å². The number of nitrogens with zero attached hydrogens (tertiary/aromatic N) is 4. The van der Waals surface area contributed by atoms with Crippen LogP contribution in [-0.2, 0) is 31.5 Å². The Morgan fingerprint density at radius 1 is 1.05 bits per heavy atom. The van der Waals surface area contributed by atoms with Crippen molar-refractivity contribution in [2.45, 2.75) is 69.4 Å².